The first-order chi connectivity index (χ1) is 15.6. The Kier molecular flexibility index (Phi) is 7.38. The molecule has 1 saturated carbocycles. The second-order valence-corrected chi connectivity index (χ2v) is 9.03. The van der Waals surface area contributed by atoms with Crippen molar-refractivity contribution in [3.63, 3.8) is 0 Å². The van der Waals surface area contributed by atoms with Gasteiger partial charge in [0.05, 0.1) is 6.04 Å². The third-order valence-electron chi connectivity index (χ3n) is 6.75. The van der Waals surface area contributed by atoms with E-state index in [4.69, 9.17) is 5.73 Å². The van der Waals surface area contributed by atoms with E-state index in [1.54, 1.807) is 6.08 Å². The fourth-order valence-electron chi connectivity index (χ4n) is 4.79. The number of carbonyl (C=O) groups is 2. The number of fused-ring (bicyclic) bond motifs is 1. The molecule has 0 bridgehead atoms. The van der Waals surface area contributed by atoms with Crippen molar-refractivity contribution in [2.75, 3.05) is 0 Å². The summed E-state index contributed by atoms with van der Waals surface area (Å²) in [5.74, 6) is 0.124. The second-order valence-electron chi connectivity index (χ2n) is 9.03. The molecule has 5 heteroatoms. The average molecular weight is 432 g/mol. The smallest absolute Gasteiger partial charge is 0.246 e. The summed E-state index contributed by atoms with van der Waals surface area (Å²) in [6.45, 7) is 1.26. The van der Waals surface area contributed by atoms with Crippen molar-refractivity contribution in [1.82, 2.24) is 10.2 Å². The number of rotatable bonds is 8. The molecule has 2 aliphatic rings. The lowest BCUT2D eigenvalue weighted by molar-refractivity contribution is -0.127. The molecule has 1 aliphatic heterocycles. The molecular weight excluding hydrogens is 398 g/mol. The van der Waals surface area contributed by atoms with Gasteiger partial charge in [0.15, 0.2) is 0 Å². The van der Waals surface area contributed by atoms with Crippen LogP contribution in [0.3, 0.4) is 0 Å². The Labute approximate surface area is 190 Å². The minimum Gasteiger partial charge on any atom is -0.349 e. The van der Waals surface area contributed by atoms with E-state index in [2.05, 4.69) is 29.6 Å². The topological polar surface area (TPSA) is 75.4 Å². The molecule has 1 heterocycles. The van der Waals surface area contributed by atoms with Crippen molar-refractivity contribution in [1.29, 1.82) is 0 Å². The summed E-state index contributed by atoms with van der Waals surface area (Å²) in [4.78, 5) is 27.5. The normalized spacial score (nSPS) is 18.0. The molecule has 3 N–H and O–H groups in total. The van der Waals surface area contributed by atoms with E-state index >= 15 is 0 Å². The van der Waals surface area contributed by atoms with E-state index < -0.39 is 6.04 Å². The fourth-order valence-corrected chi connectivity index (χ4v) is 4.79. The lowest BCUT2D eigenvalue weighted by atomic mass is 9.97. The Morgan fingerprint density at radius 1 is 1.00 bits per heavy atom. The Morgan fingerprint density at radius 2 is 1.62 bits per heavy atom. The maximum Gasteiger partial charge on any atom is 0.246 e. The van der Waals surface area contributed by atoms with Crippen molar-refractivity contribution < 1.29 is 9.59 Å². The van der Waals surface area contributed by atoms with Crippen molar-refractivity contribution in [2.45, 2.75) is 63.7 Å². The van der Waals surface area contributed by atoms with Crippen LogP contribution in [0.1, 0.15) is 48.8 Å². The van der Waals surface area contributed by atoms with Crippen LogP contribution in [-0.4, -0.2) is 28.8 Å². The van der Waals surface area contributed by atoms with E-state index in [0.29, 0.717) is 13.1 Å². The predicted octanol–water partition coefficient (Wildman–Crippen LogP) is 3.72. The van der Waals surface area contributed by atoms with Gasteiger partial charge in [-0.15, -0.1) is 0 Å². The fraction of sp³-hybridized carbons (Fsp3) is 0.407. The molecule has 2 aromatic carbocycles. The number of benzene rings is 2. The lowest BCUT2D eigenvalue weighted by Crippen LogP contribution is -2.48. The van der Waals surface area contributed by atoms with E-state index in [1.807, 2.05) is 41.3 Å². The van der Waals surface area contributed by atoms with Crippen molar-refractivity contribution in [3.8, 4) is 0 Å². The van der Waals surface area contributed by atoms with Gasteiger partial charge in [0.2, 0.25) is 11.8 Å². The highest BCUT2D eigenvalue weighted by Gasteiger charge is 2.28. The molecule has 0 unspecified atom stereocenters. The van der Waals surface area contributed by atoms with Crippen molar-refractivity contribution in [2.24, 2.45) is 11.7 Å². The van der Waals surface area contributed by atoms with E-state index in [0.717, 1.165) is 38.5 Å². The first-order valence-electron chi connectivity index (χ1n) is 11.7. The molecule has 1 fully saturated rings. The molecule has 168 valence electrons. The van der Waals surface area contributed by atoms with Gasteiger partial charge in [-0.3, -0.25) is 9.59 Å². The van der Waals surface area contributed by atoms with Gasteiger partial charge in [0.25, 0.3) is 0 Å². The summed E-state index contributed by atoms with van der Waals surface area (Å²) in [6.07, 6.45) is 9.33. The number of hydrogen-bond acceptors (Lipinski definition) is 3. The van der Waals surface area contributed by atoms with Crippen LogP contribution < -0.4 is 11.1 Å². The third kappa shape index (κ3) is 5.65. The maximum absolute atomic E-state index is 12.8. The highest BCUT2D eigenvalue weighted by Crippen LogP contribution is 2.27. The maximum atomic E-state index is 12.8. The van der Waals surface area contributed by atoms with Gasteiger partial charge in [-0.2, -0.15) is 0 Å². The second kappa shape index (κ2) is 10.6. The molecule has 2 aromatic rings. The predicted molar refractivity (Wildman–Crippen MR) is 126 cm³/mol. The first kappa shape index (κ1) is 22.3. The number of nitrogens with zero attached hydrogens (tertiary/aromatic N) is 1. The zero-order chi connectivity index (χ0) is 22.3. The summed E-state index contributed by atoms with van der Waals surface area (Å²) in [6, 6.07) is 17.6. The first-order valence-corrected chi connectivity index (χ1v) is 11.7. The van der Waals surface area contributed by atoms with Crippen LogP contribution in [0.5, 0.6) is 0 Å². The Bertz CT molecular complexity index is 925. The molecule has 0 radical (unpaired) electrons. The van der Waals surface area contributed by atoms with Gasteiger partial charge in [-0.1, -0.05) is 73.5 Å². The SMILES string of the molecule is N[C@H](C(=O)N[C@H](C=CC(=O)N1Cc2ccccc2C1)CCc1ccccc1)C1CCCC1. The summed E-state index contributed by atoms with van der Waals surface area (Å²) in [7, 11) is 0. The van der Waals surface area contributed by atoms with Crippen molar-refractivity contribution >= 4 is 11.8 Å². The van der Waals surface area contributed by atoms with Crippen LogP contribution in [-0.2, 0) is 29.1 Å². The molecule has 2 amide bonds. The Hall–Kier alpha value is -2.92. The van der Waals surface area contributed by atoms with Gasteiger partial charge in [-0.05, 0) is 48.3 Å². The molecule has 0 saturated heterocycles. The Balaban J connectivity index is 1.39. The molecule has 0 spiro atoms. The third-order valence-corrected chi connectivity index (χ3v) is 6.75. The van der Waals surface area contributed by atoms with Gasteiger partial charge in [0, 0.05) is 25.2 Å². The van der Waals surface area contributed by atoms with Crippen LogP contribution in [0.4, 0.5) is 0 Å². The number of hydrogen-bond donors (Lipinski definition) is 2. The standard InChI is InChI=1S/C27H33N3O2/c28-26(21-10-4-5-11-21)27(32)29-24(15-14-20-8-2-1-3-9-20)16-17-25(31)30-18-22-12-6-7-13-23(22)19-30/h1-3,6-9,12-13,16-17,21,24,26H,4-5,10-11,14-15,18-19,28H2,(H,29,32)/t24-,26-/m0/s1. The highest BCUT2D eigenvalue weighted by molar-refractivity contribution is 5.88. The van der Waals surface area contributed by atoms with Crippen LogP contribution in [0.2, 0.25) is 0 Å². The highest BCUT2D eigenvalue weighted by atomic mass is 16.2. The number of carbonyl (C=O) groups excluding carboxylic acids is 2. The number of aryl methyl sites for hydroxylation is 1. The average Bonchev–Trinajstić information content (AvgIpc) is 3.51. The summed E-state index contributed by atoms with van der Waals surface area (Å²) >= 11 is 0. The molecule has 0 aromatic heterocycles. The van der Waals surface area contributed by atoms with Crippen molar-refractivity contribution in [3.05, 3.63) is 83.4 Å². The summed E-state index contributed by atoms with van der Waals surface area (Å²) < 4.78 is 0. The van der Waals surface area contributed by atoms with Gasteiger partial charge < -0.3 is 16.0 Å². The lowest BCUT2D eigenvalue weighted by Gasteiger charge is -2.22. The van der Waals surface area contributed by atoms with E-state index in [9.17, 15) is 9.59 Å². The summed E-state index contributed by atoms with van der Waals surface area (Å²) in [5.41, 5.74) is 9.88. The molecule has 4 rings (SSSR count). The quantitative estimate of drug-likeness (QED) is 0.626. The number of amides is 2. The molecule has 32 heavy (non-hydrogen) atoms. The van der Waals surface area contributed by atoms with Gasteiger partial charge in [-0.25, -0.2) is 0 Å². The number of nitrogens with one attached hydrogen (secondary N) is 1. The van der Waals surface area contributed by atoms with Crippen LogP contribution in [0.25, 0.3) is 0 Å². The minimum absolute atomic E-state index is 0.0275. The summed E-state index contributed by atoms with van der Waals surface area (Å²) in [5, 5.41) is 3.11. The van der Waals surface area contributed by atoms with E-state index in [1.165, 1.54) is 16.7 Å². The van der Waals surface area contributed by atoms with Crippen LogP contribution >= 0.6 is 0 Å². The Morgan fingerprint density at radius 3 is 2.28 bits per heavy atom. The van der Waals surface area contributed by atoms with Crippen LogP contribution in [0.15, 0.2) is 66.7 Å². The monoisotopic (exact) mass is 431 g/mol. The zero-order valence-electron chi connectivity index (χ0n) is 18.6. The largest absolute Gasteiger partial charge is 0.349 e. The molecule has 2 atom stereocenters. The molecular formula is C27H33N3O2. The molecule has 5 nitrogen and oxygen atoms in total. The van der Waals surface area contributed by atoms with Gasteiger partial charge in [0.1, 0.15) is 0 Å². The minimum atomic E-state index is -0.478. The van der Waals surface area contributed by atoms with Gasteiger partial charge >= 0.3 is 0 Å². The number of nitrogens with two attached hydrogens (primary N) is 1. The van der Waals surface area contributed by atoms with E-state index in [-0.39, 0.29) is 23.8 Å². The van der Waals surface area contributed by atoms with Crippen LogP contribution in [0, 0.1) is 5.92 Å². The molecule has 1 aliphatic carbocycles. The zero-order valence-corrected chi connectivity index (χ0v) is 18.6.